The van der Waals surface area contributed by atoms with Gasteiger partial charge in [0.05, 0.1) is 0 Å². The summed E-state index contributed by atoms with van der Waals surface area (Å²) in [5.74, 6) is -2.85. The van der Waals surface area contributed by atoms with E-state index in [0.717, 1.165) is 0 Å². The summed E-state index contributed by atoms with van der Waals surface area (Å²) in [6.07, 6.45) is 0. The second-order valence-corrected chi connectivity index (χ2v) is 1.10. The fourth-order valence-electron chi connectivity index (χ4n) is 0.154. The maximum atomic E-state index is 9.94. The molecule has 0 fully saturated rings. The van der Waals surface area contributed by atoms with E-state index in [4.69, 9.17) is 10.0 Å². The number of carbonyl (C=O) groups is 2. The zero-order chi connectivity index (χ0) is 7.44. The van der Waals surface area contributed by atoms with Gasteiger partial charge in [-0.05, 0) is 0 Å². The van der Waals surface area contributed by atoms with Crippen LogP contribution in [0.3, 0.4) is 0 Å². The van der Waals surface area contributed by atoms with Gasteiger partial charge in [0.1, 0.15) is 0 Å². The molecule has 0 saturated carbocycles. The van der Waals surface area contributed by atoms with Crippen LogP contribution >= 0.6 is 0 Å². The van der Waals surface area contributed by atoms with E-state index >= 15 is 0 Å². The van der Waals surface area contributed by atoms with Gasteiger partial charge in [0.15, 0.2) is 0 Å². The van der Waals surface area contributed by atoms with Crippen LogP contribution in [0.15, 0.2) is 0 Å². The average Bonchev–Trinajstić information content (AvgIpc) is 1.63. The molecule has 0 heterocycles. The zero-order valence-corrected chi connectivity index (χ0v) is 5.27. The molecule has 0 aromatic heterocycles. The summed E-state index contributed by atoms with van der Waals surface area (Å²) in [4.78, 5) is 19.7. The van der Waals surface area contributed by atoms with Crippen LogP contribution in [0.4, 0.5) is 0 Å². The molecular formula is C2H5BLiNO5. The van der Waals surface area contributed by atoms with E-state index in [9.17, 15) is 9.59 Å². The molecule has 52 valence electrons. The summed E-state index contributed by atoms with van der Waals surface area (Å²) in [6.45, 7) is 0. The number of amides is 1. The molecule has 0 unspecified atom stereocenters. The van der Waals surface area contributed by atoms with E-state index in [2.05, 4.69) is 10.4 Å². The summed E-state index contributed by atoms with van der Waals surface area (Å²) in [5.41, 5.74) is 4.35. The van der Waals surface area contributed by atoms with Gasteiger partial charge in [-0.25, -0.2) is 4.79 Å². The van der Waals surface area contributed by atoms with Crippen molar-refractivity contribution in [2.75, 3.05) is 0 Å². The van der Waals surface area contributed by atoms with Gasteiger partial charge >= 0.3 is 38.1 Å². The van der Waals surface area contributed by atoms with Gasteiger partial charge in [-0.15, -0.1) is 0 Å². The maximum absolute atomic E-state index is 9.94. The van der Waals surface area contributed by atoms with Gasteiger partial charge in [0.2, 0.25) is 0 Å². The van der Waals surface area contributed by atoms with E-state index < -0.39 is 19.2 Å². The zero-order valence-electron chi connectivity index (χ0n) is 6.27. The Hall–Kier alpha value is -0.478. The molecule has 0 radical (unpaired) electrons. The standard InChI is InChI=1S/C2H4BNO5.Li.H/c4-1(5)2(6)9-3(7)8;;/h7-8H,(H2,4,5);;/q;+1;-1. The topological polar surface area (TPSA) is 110 Å². The molecule has 0 aromatic carbocycles. The first-order chi connectivity index (χ1) is 4.04. The van der Waals surface area contributed by atoms with Crippen LogP contribution in [0.2, 0.25) is 0 Å². The molecular weight excluding hydrogens is 136 g/mol. The van der Waals surface area contributed by atoms with Gasteiger partial charge in [0.25, 0.3) is 0 Å². The smallest absolute Gasteiger partial charge is 1.00 e. The minimum Gasteiger partial charge on any atom is -1.00 e. The number of hydrogen-bond donors (Lipinski definition) is 3. The molecule has 1 amide bonds. The first kappa shape index (κ1) is 12.2. The van der Waals surface area contributed by atoms with Crippen molar-refractivity contribution in [3.63, 3.8) is 0 Å². The molecule has 0 aliphatic heterocycles. The molecule has 0 aliphatic carbocycles. The molecule has 0 atom stereocenters. The Morgan fingerprint density at radius 3 is 2.00 bits per heavy atom. The monoisotopic (exact) mass is 141 g/mol. The van der Waals surface area contributed by atoms with Crippen LogP contribution in [-0.2, 0) is 14.2 Å². The molecule has 0 spiro atoms. The van der Waals surface area contributed by atoms with Crippen LogP contribution in [0, 0.1) is 0 Å². The quantitative estimate of drug-likeness (QED) is 0.248. The minimum absolute atomic E-state index is 0. The molecule has 0 bridgehead atoms. The Labute approximate surface area is 70.2 Å². The van der Waals surface area contributed by atoms with Crippen molar-refractivity contribution in [1.82, 2.24) is 0 Å². The third-order valence-corrected chi connectivity index (χ3v) is 0.414. The molecule has 10 heavy (non-hydrogen) atoms. The molecule has 4 N–H and O–H groups in total. The number of rotatable bonds is 1. The second-order valence-electron chi connectivity index (χ2n) is 1.10. The second kappa shape index (κ2) is 5.32. The van der Waals surface area contributed by atoms with Crippen molar-refractivity contribution < 1.29 is 44.6 Å². The van der Waals surface area contributed by atoms with Crippen molar-refractivity contribution in [3.05, 3.63) is 0 Å². The van der Waals surface area contributed by atoms with Crippen molar-refractivity contribution in [1.29, 1.82) is 0 Å². The molecule has 0 rings (SSSR count). The number of hydrogen-bond acceptors (Lipinski definition) is 5. The van der Waals surface area contributed by atoms with Crippen LogP contribution < -0.4 is 24.6 Å². The molecule has 0 aliphatic rings. The van der Waals surface area contributed by atoms with E-state index in [1.54, 1.807) is 0 Å². The molecule has 8 heteroatoms. The van der Waals surface area contributed by atoms with E-state index in [1.165, 1.54) is 0 Å². The van der Waals surface area contributed by atoms with Crippen molar-refractivity contribution in [3.8, 4) is 0 Å². The summed E-state index contributed by atoms with van der Waals surface area (Å²) in [5, 5.41) is 15.8. The number of primary amides is 1. The summed E-state index contributed by atoms with van der Waals surface area (Å²) in [7, 11) is -2.29. The Bertz CT molecular complexity index is 142. The molecule has 0 aromatic rings. The van der Waals surface area contributed by atoms with Gasteiger partial charge in [0, 0.05) is 0 Å². The largest absolute Gasteiger partial charge is 1.00 e. The summed E-state index contributed by atoms with van der Waals surface area (Å²) >= 11 is 0. The number of nitrogens with two attached hydrogens (primary N) is 1. The van der Waals surface area contributed by atoms with Crippen molar-refractivity contribution in [2.45, 2.75) is 0 Å². The maximum Gasteiger partial charge on any atom is 1.00 e. The first-order valence-electron chi connectivity index (χ1n) is 1.90. The Balaban J connectivity index is -0.000000320. The predicted molar refractivity (Wildman–Crippen MR) is 26.6 cm³/mol. The molecule has 6 nitrogen and oxygen atoms in total. The fourth-order valence-corrected chi connectivity index (χ4v) is 0.154. The van der Waals surface area contributed by atoms with Gasteiger partial charge in [-0.1, -0.05) is 0 Å². The Morgan fingerprint density at radius 1 is 1.50 bits per heavy atom. The minimum atomic E-state index is -2.29. The van der Waals surface area contributed by atoms with E-state index in [0.29, 0.717) is 0 Å². The Kier molecular flexibility index (Phi) is 6.50. The fraction of sp³-hybridized carbons (Fsp3) is 0. The van der Waals surface area contributed by atoms with Gasteiger partial charge in [-0.2, -0.15) is 0 Å². The third kappa shape index (κ3) is 5.66. The van der Waals surface area contributed by atoms with Crippen LogP contribution in [0.5, 0.6) is 0 Å². The average molecular weight is 141 g/mol. The van der Waals surface area contributed by atoms with Crippen molar-refractivity contribution >= 4 is 19.2 Å². The normalized spacial score (nSPS) is 7.40. The van der Waals surface area contributed by atoms with Crippen LogP contribution in [0.25, 0.3) is 0 Å². The summed E-state index contributed by atoms with van der Waals surface area (Å²) in [6, 6.07) is 0. The number of carbonyl (C=O) groups excluding carboxylic acids is 2. The van der Waals surface area contributed by atoms with Crippen LogP contribution in [0.1, 0.15) is 1.43 Å². The molecule has 0 saturated heterocycles. The van der Waals surface area contributed by atoms with E-state index in [1.807, 2.05) is 0 Å². The first-order valence-corrected chi connectivity index (χ1v) is 1.90. The SMILES string of the molecule is NC(=O)C(=O)OB(O)O.[H-].[Li+]. The van der Waals surface area contributed by atoms with E-state index in [-0.39, 0.29) is 20.3 Å². The third-order valence-electron chi connectivity index (χ3n) is 0.414. The Morgan fingerprint density at radius 2 is 1.90 bits per heavy atom. The van der Waals surface area contributed by atoms with Gasteiger partial charge in [-0.3, -0.25) is 4.79 Å². The van der Waals surface area contributed by atoms with Crippen LogP contribution in [-0.4, -0.2) is 29.2 Å². The predicted octanol–water partition coefficient (Wildman–Crippen LogP) is -5.90. The van der Waals surface area contributed by atoms with Crippen molar-refractivity contribution in [2.24, 2.45) is 5.73 Å². The summed E-state index contributed by atoms with van der Waals surface area (Å²) < 4.78 is 3.51. The van der Waals surface area contributed by atoms with Gasteiger partial charge < -0.3 is 21.9 Å².